The maximum absolute atomic E-state index is 9.76. The smallest absolute Gasteiger partial charge is 0.229 e. The lowest BCUT2D eigenvalue weighted by Gasteiger charge is -2.29. The van der Waals surface area contributed by atoms with Crippen LogP contribution < -0.4 is 0 Å². The number of aliphatic hydroxyl groups excluding tert-OH is 1. The first-order valence-corrected chi connectivity index (χ1v) is 8.87. The van der Waals surface area contributed by atoms with Crippen LogP contribution in [0.3, 0.4) is 0 Å². The number of aliphatic hydroxyl groups is 1. The Hall–Kier alpha value is -0.200. The average molecular weight is 302 g/mol. The molecule has 0 saturated carbocycles. The fourth-order valence-corrected chi connectivity index (χ4v) is 4.87. The molecule has 1 fully saturated rings. The molecule has 1 aromatic heterocycles. The second kappa shape index (κ2) is 6.99. The Morgan fingerprint density at radius 3 is 2.89 bits per heavy atom. The van der Waals surface area contributed by atoms with Crippen molar-refractivity contribution in [2.24, 2.45) is 0 Å². The third-order valence-corrected chi connectivity index (χ3v) is 6.74. The van der Waals surface area contributed by atoms with Gasteiger partial charge < -0.3 is 9.63 Å². The zero-order valence-electron chi connectivity index (χ0n) is 11.7. The third kappa shape index (κ3) is 4.13. The molecule has 0 bridgehead atoms. The van der Waals surface area contributed by atoms with E-state index in [0.717, 1.165) is 24.4 Å². The first-order valence-electron chi connectivity index (χ1n) is 6.87. The van der Waals surface area contributed by atoms with Gasteiger partial charge in [-0.1, -0.05) is 32.3 Å². The Kier molecular flexibility index (Phi) is 5.59. The van der Waals surface area contributed by atoms with Gasteiger partial charge in [0.05, 0.1) is 17.8 Å². The highest BCUT2D eigenvalue weighted by atomic mass is 32.2. The van der Waals surface area contributed by atoms with Gasteiger partial charge >= 0.3 is 0 Å². The van der Waals surface area contributed by atoms with Crippen molar-refractivity contribution >= 4 is 23.5 Å². The molecule has 4 atom stereocenters. The minimum Gasteiger partial charge on any atom is -0.393 e. The minimum absolute atomic E-state index is 0.317. The van der Waals surface area contributed by atoms with Crippen molar-refractivity contribution in [3.8, 4) is 0 Å². The molecule has 1 aromatic rings. The number of thioether (sulfide) groups is 2. The maximum atomic E-state index is 9.76. The molecule has 1 aliphatic heterocycles. The van der Waals surface area contributed by atoms with Crippen LogP contribution in [0.1, 0.15) is 50.6 Å². The third-order valence-electron chi connectivity index (χ3n) is 3.35. The summed E-state index contributed by atoms with van der Waals surface area (Å²) in [6, 6.07) is 0. The van der Waals surface area contributed by atoms with E-state index in [4.69, 9.17) is 4.52 Å². The van der Waals surface area contributed by atoms with Gasteiger partial charge in [-0.15, -0.1) is 11.8 Å². The van der Waals surface area contributed by atoms with E-state index in [-0.39, 0.29) is 6.10 Å². The fraction of sp³-hybridized carbons (Fsp3) is 0.846. The van der Waals surface area contributed by atoms with Gasteiger partial charge in [-0.05, 0) is 6.42 Å². The molecule has 0 spiro atoms. The van der Waals surface area contributed by atoms with Crippen molar-refractivity contribution < 1.29 is 9.63 Å². The van der Waals surface area contributed by atoms with Crippen molar-refractivity contribution in [3.05, 3.63) is 11.7 Å². The number of hydrogen-bond donors (Lipinski definition) is 1. The number of hydrogen-bond acceptors (Lipinski definition) is 6. The molecule has 0 radical (unpaired) electrons. The fourth-order valence-electron chi connectivity index (χ4n) is 2.04. The molecule has 1 aliphatic rings. The standard InChI is InChI=1S/C13H22N2O2S2/c1-4-5-10(16)6-12-14-13(15-17-12)11-7-18-8(2)9(3)19-11/h8-11,16H,4-7H2,1-3H3. The Labute approximate surface area is 123 Å². The monoisotopic (exact) mass is 302 g/mol. The van der Waals surface area contributed by atoms with Gasteiger partial charge in [0.15, 0.2) is 5.82 Å². The molecular formula is C13H22N2O2S2. The summed E-state index contributed by atoms with van der Waals surface area (Å²) in [6.45, 7) is 6.57. The van der Waals surface area contributed by atoms with E-state index in [9.17, 15) is 5.11 Å². The molecule has 0 aromatic carbocycles. The maximum Gasteiger partial charge on any atom is 0.229 e. The van der Waals surface area contributed by atoms with Crippen LogP contribution in [0.5, 0.6) is 0 Å². The summed E-state index contributed by atoms with van der Waals surface area (Å²) in [7, 11) is 0. The van der Waals surface area contributed by atoms with Crippen LogP contribution in [0.15, 0.2) is 4.52 Å². The van der Waals surface area contributed by atoms with Crippen LogP contribution in [0, 0.1) is 0 Å². The Balaban J connectivity index is 1.93. The molecule has 1 N–H and O–H groups in total. The van der Waals surface area contributed by atoms with Gasteiger partial charge in [-0.3, -0.25) is 0 Å². The molecule has 0 aliphatic carbocycles. The van der Waals surface area contributed by atoms with Gasteiger partial charge in [0, 0.05) is 16.3 Å². The second-order valence-electron chi connectivity index (χ2n) is 5.06. The van der Waals surface area contributed by atoms with Crippen molar-refractivity contribution in [2.45, 2.75) is 61.9 Å². The summed E-state index contributed by atoms with van der Waals surface area (Å²) >= 11 is 3.89. The minimum atomic E-state index is -0.370. The number of nitrogens with zero attached hydrogens (tertiary/aromatic N) is 2. The topological polar surface area (TPSA) is 59.2 Å². The Morgan fingerprint density at radius 1 is 1.42 bits per heavy atom. The highest BCUT2D eigenvalue weighted by molar-refractivity contribution is 8.07. The van der Waals surface area contributed by atoms with Gasteiger partial charge in [0.1, 0.15) is 0 Å². The summed E-state index contributed by atoms with van der Waals surface area (Å²) in [6.07, 6.45) is 1.84. The largest absolute Gasteiger partial charge is 0.393 e. The van der Waals surface area contributed by atoms with Gasteiger partial charge in [-0.25, -0.2) is 0 Å². The lowest BCUT2D eigenvalue weighted by atomic mass is 10.1. The normalized spacial score (nSPS) is 29.4. The lowest BCUT2D eigenvalue weighted by Crippen LogP contribution is -2.22. The molecule has 1 saturated heterocycles. The predicted octanol–water partition coefficient (Wildman–Crippen LogP) is 3.07. The lowest BCUT2D eigenvalue weighted by molar-refractivity contribution is 0.151. The molecule has 19 heavy (non-hydrogen) atoms. The van der Waals surface area contributed by atoms with Crippen LogP contribution in [0.25, 0.3) is 0 Å². The van der Waals surface area contributed by atoms with E-state index >= 15 is 0 Å². The molecular weight excluding hydrogens is 280 g/mol. The SMILES string of the molecule is CCCC(O)Cc1nc(C2CSC(C)C(C)S2)no1. The van der Waals surface area contributed by atoms with Gasteiger partial charge in [-0.2, -0.15) is 16.7 Å². The predicted molar refractivity (Wildman–Crippen MR) is 80.6 cm³/mol. The van der Waals surface area contributed by atoms with Gasteiger partial charge in [0.2, 0.25) is 5.89 Å². The van der Waals surface area contributed by atoms with Crippen molar-refractivity contribution in [1.82, 2.24) is 10.1 Å². The van der Waals surface area contributed by atoms with E-state index < -0.39 is 0 Å². The highest BCUT2D eigenvalue weighted by Crippen LogP contribution is 2.43. The summed E-state index contributed by atoms with van der Waals surface area (Å²) in [5.41, 5.74) is 0. The van der Waals surface area contributed by atoms with Crippen LogP contribution in [0.4, 0.5) is 0 Å². The second-order valence-corrected chi connectivity index (χ2v) is 8.06. The molecule has 4 unspecified atom stereocenters. The zero-order chi connectivity index (χ0) is 13.8. The summed E-state index contributed by atoms with van der Waals surface area (Å²) in [5, 5.41) is 15.4. The Morgan fingerprint density at radius 2 is 2.21 bits per heavy atom. The van der Waals surface area contributed by atoms with E-state index in [2.05, 4.69) is 30.9 Å². The van der Waals surface area contributed by atoms with E-state index in [1.54, 1.807) is 0 Å². The van der Waals surface area contributed by atoms with Crippen molar-refractivity contribution in [2.75, 3.05) is 5.75 Å². The zero-order valence-corrected chi connectivity index (χ0v) is 13.3. The summed E-state index contributed by atoms with van der Waals surface area (Å²) < 4.78 is 5.25. The Bertz CT molecular complexity index is 400. The molecule has 2 rings (SSSR count). The van der Waals surface area contributed by atoms with Crippen LogP contribution in [-0.4, -0.2) is 37.6 Å². The van der Waals surface area contributed by atoms with Crippen LogP contribution >= 0.6 is 23.5 Å². The first-order chi connectivity index (χ1) is 9.10. The van der Waals surface area contributed by atoms with Gasteiger partial charge in [0.25, 0.3) is 0 Å². The van der Waals surface area contributed by atoms with Crippen LogP contribution in [0.2, 0.25) is 0 Å². The van der Waals surface area contributed by atoms with E-state index in [1.165, 1.54) is 0 Å². The molecule has 108 valence electrons. The number of rotatable bonds is 5. The molecule has 0 amide bonds. The molecule has 4 nitrogen and oxygen atoms in total. The average Bonchev–Trinajstić information content (AvgIpc) is 2.81. The first kappa shape index (κ1) is 15.2. The number of aromatic nitrogens is 2. The summed E-state index contributed by atoms with van der Waals surface area (Å²) in [4.78, 5) is 4.44. The molecule has 6 heteroatoms. The van der Waals surface area contributed by atoms with Crippen molar-refractivity contribution in [3.63, 3.8) is 0 Å². The van der Waals surface area contributed by atoms with Crippen molar-refractivity contribution in [1.29, 1.82) is 0 Å². The van der Waals surface area contributed by atoms with E-state index in [1.807, 2.05) is 23.5 Å². The highest BCUT2D eigenvalue weighted by Gasteiger charge is 2.29. The quantitative estimate of drug-likeness (QED) is 0.902. The van der Waals surface area contributed by atoms with Crippen LogP contribution in [-0.2, 0) is 6.42 Å². The molecule has 2 heterocycles. The summed E-state index contributed by atoms with van der Waals surface area (Å²) in [5.74, 6) is 2.38. The van der Waals surface area contributed by atoms with E-state index in [0.29, 0.717) is 28.1 Å².